The molecule has 0 spiro atoms. The lowest BCUT2D eigenvalue weighted by Gasteiger charge is -2.15. The molecule has 0 atom stereocenters. The fourth-order valence-corrected chi connectivity index (χ4v) is 2.72. The summed E-state index contributed by atoms with van der Waals surface area (Å²) < 4.78 is 29.5. The predicted molar refractivity (Wildman–Crippen MR) is 134 cm³/mol. The third-order valence-corrected chi connectivity index (χ3v) is 4.24. The van der Waals surface area contributed by atoms with Gasteiger partial charge in [-0.2, -0.15) is 0 Å². The highest BCUT2D eigenvalue weighted by atomic mass is 127. The van der Waals surface area contributed by atoms with Crippen molar-refractivity contribution in [2.75, 3.05) is 26.1 Å². The van der Waals surface area contributed by atoms with Crippen LogP contribution in [0.3, 0.4) is 0 Å². The van der Waals surface area contributed by atoms with Crippen LogP contribution in [0.2, 0.25) is 0 Å². The van der Waals surface area contributed by atoms with Crippen molar-refractivity contribution in [1.29, 1.82) is 0 Å². The van der Waals surface area contributed by atoms with E-state index >= 15 is 0 Å². The Hall–Kier alpha value is -3.08. The molecule has 170 valence electrons. The lowest BCUT2D eigenvalue weighted by atomic mass is 10.2. The summed E-state index contributed by atoms with van der Waals surface area (Å²) in [7, 11) is 3.30. The number of aliphatic imine (C=N–C) groups is 1. The van der Waals surface area contributed by atoms with Crippen molar-refractivity contribution in [3.63, 3.8) is 0 Å². The van der Waals surface area contributed by atoms with Crippen LogP contribution in [0.25, 0.3) is 0 Å². The Balaban J connectivity index is 0.00000363. The zero-order valence-electron chi connectivity index (χ0n) is 18.1. The number of ether oxygens (including phenoxy) is 3. The van der Waals surface area contributed by atoms with E-state index in [1.165, 1.54) is 12.1 Å². The molecule has 0 unspecified atom stereocenters. The molecule has 1 heterocycles. The summed E-state index contributed by atoms with van der Waals surface area (Å²) in [6.45, 7) is 2.97. The van der Waals surface area contributed by atoms with Gasteiger partial charge >= 0.3 is 0 Å². The first-order chi connectivity index (χ1) is 15.1. The molecule has 0 bridgehead atoms. The van der Waals surface area contributed by atoms with Crippen molar-refractivity contribution in [3.8, 4) is 23.1 Å². The normalized spacial score (nSPS) is 10.7. The molecule has 7 nitrogen and oxygen atoms in total. The number of hydrogen-bond donors (Lipinski definition) is 2. The number of hydrogen-bond acceptors (Lipinski definition) is 5. The molecule has 0 fully saturated rings. The second-order valence-corrected chi connectivity index (χ2v) is 6.41. The maximum absolute atomic E-state index is 13.0. The van der Waals surface area contributed by atoms with Crippen molar-refractivity contribution >= 4 is 35.6 Å². The molecule has 3 aromatic rings. The van der Waals surface area contributed by atoms with E-state index in [1.54, 1.807) is 38.6 Å². The van der Waals surface area contributed by atoms with Gasteiger partial charge in [-0.3, -0.25) is 4.99 Å². The second-order valence-electron chi connectivity index (χ2n) is 6.41. The molecule has 9 heteroatoms. The smallest absolute Gasteiger partial charge is 0.219 e. The van der Waals surface area contributed by atoms with Crippen molar-refractivity contribution in [2.24, 2.45) is 4.99 Å². The zero-order valence-corrected chi connectivity index (χ0v) is 20.4. The van der Waals surface area contributed by atoms with Gasteiger partial charge in [0.15, 0.2) is 17.5 Å². The topological polar surface area (TPSA) is 77.0 Å². The Bertz CT molecular complexity index is 1010. The summed E-state index contributed by atoms with van der Waals surface area (Å²) in [5.41, 5.74) is 1.76. The highest BCUT2D eigenvalue weighted by Crippen LogP contribution is 2.30. The number of nitrogens with one attached hydrogen (secondary N) is 2. The van der Waals surface area contributed by atoms with E-state index in [0.717, 1.165) is 11.3 Å². The largest absolute Gasteiger partial charge is 0.493 e. The molecule has 2 aromatic carbocycles. The minimum Gasteiger partial charge on any atom is -0.493 e. The maximum atomic E-state index is 13.0. The summed E-state index contributed by atoms with van der Waals surface area (Å²) >= 11 is 0. The zero-order chi connectivity index (χ0) is 22.1. The predicted octanol–water partition coefficient (Wildman–Crippen LogP) is 5.23. The van der Waals surface area contributed by atoms with Crippen LogP contribution in [0, 0.1) is 5.82 Å². The van der Waals surface area contributed by atoms with Crippen LogP contribution in [0.4, 0.5) is 10.1 Å². The summed E-state index contributed by atoms with van der Waals surface area (Å²) in [5.74, 6) is 2.57. The minimum atomic E-state index is -0.313. The Kier molecular flexibility index (Phi) is 9.99. The monoisotopic (exact) mass is 552 g/mol. The van der Waals surface area contributed by atoms with E-state index in [9.17, 15) is 4.39 Å². The van der Waals surface area contributed by atoms with Gasteiger partial charge in [0.2, 0.25) is 5.88 Å². The van der Waals surface area contributed by atoms with Crippen molar-refractivity contribution in [1.82, 2.24) is 10.3 Å². The molecular weight excluding hydrogens is 526 g/mol. The molecule has 1 aromatic heterocycles. The first kappa shape index (κ1) is 25.2. The fourth-order valence-electron chi connectivity index (χ4n) is 2.72. The number of methoxy groups -OCH3 is 1. The number of benzene rings is 2. The van der Waals surface area contributed by atoms with Gasteiger partial charge in [-0.25, -0.2) is 9.37 Å². The third kappa shape index (κ3) is 7.26. The molecule has 0 radical (unpaired) electrons. The Morgan fingerprint density at radius 2 is 1.84 bits per heavy atom. The van der Waals surface area contributed by atoms with Crippen LogP contribution in [-0.4, -0.2) is 31.7 Å². The van der Waals surface area contributed by atoms with E-state index in [1.807, 2.05) is 31.2 Å². The SMILES string of the molecule is CCOc1cc(NC(=NC)NCc2ccc(Oc3ccc(F)cc3)nc2)ccc1OC.I. The highest BCUT2D eigenvalue weighted by Gasteiger charge is 2.07. The summed E-state index contributed by atoms with van der Waals surface area (Å²) in [5, 5.41) is 6.46. The van der Waals surface area contributed by atoms with Crippen LogP contribution in [0.1, 0.15) is 12.5 Å². The molecule has 2 N–H and O–H groups in total. The lowest BCUT2D eigenvalue weighted by Crippen LogP contribution is -2.30. The van der Waals surface area contributed by atoms with Crippen LogP contribution < -0.4 is 24.8 Å². The Labute approximate surface area is 204 Å². The van der Waals surface area contributed by atoms with E-state index < -0.39 is 0 Å². The Morgan fingerprint density at radius 3 is 2.47 bits per heavy atom. The summed E-state index contributed by atoms with van der Waals surface area (Å²) in [6, 6.07) is 15.0. The standard InChI is InChI=1S/C23H25FN4O3.HI/c1-4-30-21-13-18(8-11-20(21)29-3)28-23(25-2)27-15-16-5-12-22(26-14-16)31-19-9-6-17(24)7-10-19;/h5-14H,4,15H2,1-3H3,(H2,25,27,28);1H. The molecule has 0 amide bonds. The third-order valence-electron chi connectivity index (χ3n) is 4.24. The van der Waals surface area contributed by atoms with Crippen molar-refractivity contribution < 1.29 is 18.6 Å². The lowest BCUT2D eigenvalue weighted by molar-refractivity contribution is 0.311. The fraction of sp³-hybridized carbons (Fsp3) is 0.217. The molecule has 0 aliphatic heterocycles. The van der Waals surface area contributed by atoms with Crippen LogP contribution in [0.15, 0.2) is 65.8 Å². The average molecular weight is 552 g/mol. The number of pyridine rings is 1. The summed E-state index contributed by atoms with van der Waals surface area (Å²) in [6.07, 6.45) is 1.71. The minimum absolute atomic E-state index is 0. The molecular formula is C23H26FIN4O3. The maximum Gasteiger partial charge on any atom is 0.219 e. The van der Waals surface area contributed by atoms with Gasteiger partial charge in [-0.1, -0.05) is 6.07 Å². The molecule has 0 saturated heterocycles. The van der Waals surface area contributed by atoms with Crippen LogP contribution in [0.5, 0.6) is 23.1 Å². The second kappa shape index (κ2) is 12.7. The molecule has 0 saturated carbocycles. The molecule has 3 rings (SSSR count). The first-order valence-electron chi connectivity index (χ1n) is 9.78. The Morgan fingerprint density at radius 1 is 1.06 bits per heavy atom. The number of aromatic nitrogens is 1. The van der Waals surface area contributed by atoms with Gasteiger partial charge in [0.1, 0.15) is 11.6 Å². The van der Waals surface area contributed by atoms with Crippen LogP contribution >= 0.6 is 24.0 Å². The molecule has 0 aliphatic carbocycles. The van der Waals surface area contributed by atoms with Crippen LogP contribution in [-0.2, 0) is 6.54 Å². The summed E-state index contributed by atoms with van der Waals surface area (Å²) in [4.78, 5) is 8.53. The quantitative estimate of drug-likeness (QED) is 0.227. The highest BCUT2D eigenvalue weighted by molar-refractivity contribution is 14.0. The number of anilines is 1. The van der Waals surface area contributed by atoms with Crippen molar-refractivity contribution in [2.45, 2.75) is 13.5 Å². The first-order valence-corrected chi connectivity index (χ1v) is 9.78. The number of rotatable bonds is 8. The van der Waals surface area contributed by atoms with Crippen molar-refractivity contribution in [3.05, 3.63) is 72.2 Å². The van der Waals surface area contributed by atoms with Gasteiger partial charge < -0.3 is 24.8 Å². The van der Waals surface area contributed by atoms with E-state index in [4.69, 9.17) is 14.2 Å². The molecule has 0 aliphatic rings. The van der Waals surface area contributed by atoms with Gasteiger partial charge in [0.25, 0.3) is 0 Å². The van der Waals surface area contributed by atoms with Gasteiger partial charge in [0, 0.05) is 37.6 Å². The van der Waals surface area contributed by atoms with E-state index in [0.29, 0.717) is 42.2 Å². The van der Waals surface area contributed by atoms with E-state index in [-0.39, 0.29) is 29.8 Å². The number of guanidine groups is 1. The van der Waals surface area contributed by atoms with Gasteiger partial charge in [-0.05, 0) is 48.9 Å². The van der Waals surface area contributed by atoms with Gasteiger partial charge in [-0.15, -0.1) is 24.0 Å². The number of halogens is 2. The van der Waals surface area contributed by atoms with Gasteiger partial charge in [0.05, 0.1) is 13.7 Å². The number of nitrogens with zero attached hydrogens (tertiary/aromatic N) is 2. The molecule has 32 heavy (non-hydrogen) atoms. The average Bonchev–Trinajstić information content (AvgIpc) is 2.79. The van der Waals surface area contributed by atoms with E-state index in [2.05, 4.69) is 20.6 Å².